The molecule has 0 fully saturated rings. The Bertz CT molecular complexity index is 963. The highest BCUT2D eigenvalue weighted by Crippen LogP contribution is 2.23. The van der Waals surface area contributed by atoms with Gasteiger partial charge in [-0.2, -0.15) is 0 Å². The third kappa shape index (κ3) is 8.52. The van der Waals surface area contributed by atoms with E-state index in [-0.39, 0.29) is 0 Å². The molecule has 0 atom stereocenters. The Hall–Kier alpha value is -3.18. The second-order valence-corrected chi connectivity index (χ2v) is 7.01. The van der Waals surface area contributed by atoms with Crippen LogP contribution in [0.25, 0.3) is 12.2 Å². The topological polar surface area (TPSA) is 51.4 Å². The van der Waals surface area contributed by atoms with Gasteiger partial charge in [-0.05, 0) is 42.7 Å². The number of benzene rings is 2. The number of nitrogens with zero attached hydrogens (tertiary/aromatic N) is 3. The van der Waals surface area contributed by atoms with E-state index in [1.54, 1.807) is 7.11 Å². The zero-order valence-corrected chi connectivity index (χ0v) is 20.4. The fourth-order valence-corrected chi connectivity index (χ4v) is 3.04. The lowest BCUT2D eigenvalue weighted by Gasteiger charge is -2.21. The number of aromatic nitrogens is 2. The molecule has 3 rings (SSSR count). The molecule has 0 radical (unpaired) electrons. The highest BCUT2D eigenvalue weighted by atomic mass is 16.5. The molecule has 2 aromatic carbocycles. The monoisotopic (exact) mass is 435 g/mol. The lowest BCUT2D eigenvalue weighted by Crippen LogP contribution is -2.22. The van der Waals surface area contributed by atoms with Crippen molar-refractivity contribution in [2.24, 2.45) is 0 Å². The second-order valence-electron chi connectivity index (χ2n) is 7.01. The third-order valence-corrected chi connectivity index (χ3v) is 4.55. The van der Waals surface area contributed by atoms with Gasteiger partial charge in [0, 0.05) is 32.5 Å². The van der Waals surface area contributed by atoms with Crippen molar-refractivity contribution in [1.82, 2.24) is 10.2 Å². The summed E-state index contributed by atoms with van der Waals surface area (Å²) in [5.74, 6) is 1.13. The molecule has 0 bridgehead atoms. The van der Waals surface area contributed by atoms with E-state index in [0.717, 1.165) is 17.8 Å². The fraction of sp³-hybridized carbons (Fsp3) is 0.333. The Morgan fingerprint density at radius 1 is 1.00 bits per heavy atom. The predicted octanol–water partition coefficient (Wildman–Crippen LogP) is 6.36. The van der Waals surface area contributed by atoms with Crippen molar-refractivity contribution >= 4 is 17.8 Å². The first-order valence-corrected chi connectivity index (χ1v) is 10.9. The number of hydrogen-bond donors (Lipinski definition) is 0. The van der Waals surface area contributed by atoms with Crippen LogP contribution in [-0.2, 0) is 11.2 Å². The van der Waals surface area contributed by atoms with Crippen molar-refractivity contribution in [3.63, 3.8) is 0 Å². The summed E-state index contributed by atoms with van der Waals surface area (Å²) in [5, 5.41) is 8.33. The van der Waals surface area contributed by atoms with Gasteiger partial charge >= 0.3 is 0 Å². The molecule has 0 N–H and O–H groups in total. The first kappa shape index (κ1) is 26.9. The summed E-state index contributed by atoms with van der Waals surface area (Å²) >= 11 is 0. The highest BCUT2D eigenvalue weighted by Gasteiger charge is 2.08. The maximum Gasteiger partial charge on any atom is 0.240 e. The van der Waals surface area contributed by atoms with Crippen molar-refractivity contribution in [3.8, 4) is 0 Å². The summed E-state index contributed by atoms with van der Waals surface area (Å²) in [4.78, 5) is 2.19. The molecule has 32 heavy (non-hydrogen) atoms. The number of methoxy groups -OCH3 is 1. The molecule has 5 heteroatoms. The maximum atomic E-state index is 5.80. The Labute approximate surface area is 193 Å². The molecular formula is C27H37N3O2. The molecule has 0 aliphatic heterocycles. The summed E-state index contributed by atoms with van der Waals surface area (Å²) in [5.41, 5.74) is 5.85. The number of anilines is 1. The largest absolute Gasteiger partial charge is 0.421 e. The number of ether oxygens (including phenoxy) is 1. The molecular weight excluding hydrogens is 398 g/mol. The molecule has 1 heterocycles. The van der Waals surface area contributed by atoms with Crippen LogP contribution in [0.5, 0.6) is 0 Å². The van der Waals surface area contributed by atoms with E-state index in [1.807, 2.05) is 32.1 Å². The number of hydrogen-bond acceptors (Lipinski definition) is 5. The van der Waals surface area contributed by atoms with E-state index in [1.165, 1.54) is 16.7 Å². The van der Waals surface area contributed by atoms with E-state index in [4.69, 9.17) is 9.15 Å². The van der Waals surface area contributed by atoms with Crippen LogP contribution in [0.1, 0.15) is 47.9 Å². The van der Waals surface area contributed by atoms with Gasteiger partial charge in [0.05, 0.1) is 13.0 Å². The number of aryl methyl sites for hydroxylation is 2. The molecule has 0 saturated carbocycles. The van der Waals surface area contributed by atoms with Gasteiger partial charge < -0.3 is 14.1 Å². The van der Waals surface area contributed by atoms with Gasteiger partial charge in [0.2, 0.25) is 11.8 Å². The molecule has 0 aliphatic carbocycles. The summed E-state index contributed by atoms with van der Waals surface area (Å²) < 4.78 is 11.0. The van der Waals surface area contributed by atoms with Gasteiger partial charge in [0.25, 0.3) is 0 Å². The Kier molecular flexibility index (Phi) is 12.4. The van der Waals surface area contributed by atoms with Gasteiger partial charge in [-0.25, -0.2) is 0 Å². The molecule has 0 amide bonds. The number of rotatable bonds is 8. The molecule has 0 saturated heterocycles. The molecule has 0 aliphatic rings. The SMILES string of the molecule is C=C.CC.COCCN(C)c1cc(C)ccc1/C=C/c1nnc(Cc2cccc(C)c2)o1. The third-order valence-electron chi connectivity index (χ3n) is 4.55. The van der Waals surface area contributed by atoms with Crippen LogP contribution in [0.3, 0.4) is 0 Å². The highest BCUT2D eigenvalue weighted by molar-refractivity contribution is 5.75. The zero-order valence-electron chi connectivity index (χ0n) is 20.4. The van der Waals surface area contributed by atoms with E-state index < -0.39 is 0 Å². The van der Waals surface area contributed by atoms with E-state index in [0.29, 0.717) is 24.8 Å². The standard InChI is InChI=1S/C23H27N3O2.C2H6.C2H4/c1-17-6-5-7-19(14-17)16-23-25-24-22(28-23)11-10-20-9-8-18(2)15-21(20)26(3)12-13-27-4;2*1-2/h5-11,14-15H,12-13,16H2,1-4H3;1-2H3;1-2H2/b11-10+;;. The summed E-state index contributed by atoms with van der Waals surface area (Å²) in [6.45, 7) is 15.7. The summed E-state index contributed by atoms with van der Waals surface area (Å²) in [7, 11) is 3.78. The van der Waals surface area contributed by atoms with Crippen LogP contribution >= 0.6 is 0 Å². The Morgan fingerprint density at radius 2 is 1.72 bits per heavy atom. The average Bonchev–Trinajstić information content (AvgIpc) is 3.26. The normalized spacial score (nSPS) is 10.2. The van der Waals surface area contributed by atoms with Crippen LogP contribution in [0.4, 0.5) is 5.69 Å². The average molecular weight is 436 g/mol. The molecule has 0 unspecified atom stereocenters. The van der Waals surface area contributed by atoms with Gasteiger partial charge in [-0.1, -0.05) is 55.8 Å². The van der Waals surface area contributed by atoms with Crippen molar-refractivity contribution < 1.29 is 9.15 Å². The van der Waals surface area contributed by atoms with Gasteiger partial charge in [0.15, 0.2) is 0 Å². The first-order valence-electron chi connectivity index (χ1n) is 10.9. The van der Waals surface area contributed by atoms with E-state index in [2.05, 4.69) is 85.5 Å². The van der Waals surface area contributed by atoms with Gasteiger partial charge in [-0.15, -0.1) is 23.4 Å². The maximum absolute atomic E-state index is 5.80. The quantitative estimate of drug-likeness (QED) is 0.385. The lowest BCUT2D eigenvalue weighted by molar-refractivity contribution is 0.206. The van der Waals surface area contributed by atoms with E-state index >= 15 is 0 Å². The molecule has 0 spiro atoms. The molecule has 172 valence electrons. The van der Waals surface area contributed by atoms with Crippen molar-refractivity contribution in [2.75, 3.05) is 32.2 Å². The summed E-state index contributed by atoms with van der Waals surface area (Å²) in [6, 6.07) is 14.7. The molecule has 5 nitrogen and oxygen atoms in total. The van der Waals surface area contributed by atoms with Crippen LogP contribution < -0.4 is 4.90 Å². The molecule has 1 aromatic heterocycles. The van der Waals surface area contributed by atoms with Crippen molar-refractivity contribution in [2.45, 2.75) is 34.1 Å². The van der Waals surface area contributed by atoms with E-state index in [9.17, 15) is 0 Å². The van der Waals surface area contributed by atoms with Crippen LogP contribution in [0.2, 0.25) is 0 Å². The number of likely N-dealkylation sites (N-methyl/N-ethyl adjacent to an activating group) is 1. The minimum atomic E-state index is 0.508. The smallest absolute Gasteiger partial charge is 0.240 e. The van der Waals surface area contributed by atoms with Crippen LogP contribution in [0, 0.1) is 13.8 Å². The van der Waals surface area contributed by atoms with Crippen LogP contribution in [-0.4, -0.2) is 37.5 Å². The fourth-order valence-electron chi connectivity index (χ4n) is 3.04. The van der Waals surface area contributed by atoms with Crippen molar-refractivity contribution in [3.05, 3.63) is 89.7 Å². The minimum Gasteiger partial charge on any atom is -0.421 e. The molecule has 3 aromatic rings. The predicted molar refractivity (Wildman–Crippen MR) is 136 cm³/mol. The van der Waals surface area contributed by atoms with Crippen molar-refractivity contribution in [1.29, 1.82) is 0 Å². The Morgan fingerprint density at radius 3 is 2.41 bits per heavy atom. The minimum absolute atomic E-state index is 0.508. The van der Waals surface area contributed by atoms with Gasteiger partial charge in [-0.3, -0.25) is 0 Å². The van der Waals surface area contributed by atoms with Gasteiger partial charge in [0.1, 0.15) is 0 Å². The lowest BCUT2D eigenvalue weighted by atomic mass is 10.1. The zero-order chi connectivity index (χ0) is 23.9. The second kappa shape index (κ2) is 14.8. The first-order chi connectivity index (χ1) is 15.5. The Balaban J connectivity index is 0.00000121. The van der Waals surface area contributed by atoms with Crippen LogP contribution in [0.15, 0.2) is 60.0 Å². The summed E-state index contributed by atoms with van der Waals surface area (Å²) in [6.07, 6.45) is 4.52.